The Morgan fingerprint density at radius 1 is 1.30 bits per heavy atom. The lowest BCUT2D eigenvalue weighted by atomic mass is 10.1. The quantitative estimate of drug-likeness (QED) is 0.552. The molecule has 58 valence electrons. The molecule has 4 unspecified atom stereocenters. The summed E-state index contributed by atoms with van der Waals surface area (Å²) in [6.45, 7) is 1.37. The summed E-state index contributed by atoms with van der Waals surface area (Å²) in [6, 6.07) is 0.982. The van der Waals surface area contributed by atoms with Crippen molar-refractivity contribution in [3.8, 4) is 0 Å². The number of hydrogen-bond acceptors (Lipinski definition) is 1. The molecule has 0 spiro atoms. The highest BCUT2D eigenvalue weighted by molar-refractivity contribution is 8.01. The Morgan fingerprint density at radius 3 is 3.00 bits per heavy atom. The highest BCUT2D eigenvalue weighted by Gasteiger charge is 2.36. The molecule has 0 bridgehead atoms. The molecule has 1 saturated heterocycles. The second-order valence-corrected chi connectivity index (χ2v) is 4.98. The van der Waals surface area contributed by atoms with E-state index in [2.05, 4.69) is 13.6 Å². The number of fused-ring (bicyclic) bond motifs is 1. The third-order valence-corrected chi connectivity index (χ3v) is 4.81. The number of nitrogens with zero attached hydrogens (tertiary/aromatic N) is 1. The number of hydrogen-bond donors (Lipinski definition) is 0. The van der Waals surface area contributed by atoms with E-state index in [9.17, 15) is 0 Å². The molecule has 2 rings (SSSR count). The minimum absolute atomic E-state index is 0.975. The van der Waals surface area contributed by atoms with Crippen LogP contribution in [0.5, 0.6) is 0 Å². The van der Waals surface area contributed by atoms with Gasteiger partial charge >= 0.3 is 0 Å². The first-order chi connectivity index (χ1) is 4.92. The van der Waals surface area contributed by atoms with E-state index in [-0.39, 0.29) is 0 Å². The fourth-order valence-electron chi connectivity index (χ4n) is 2.40. The monoisotopic (exact) mass is 175 g/mol. The maximum Gasteiger partial charge on any atom is 0.0163 e. The second kappa shape index (κ2) is 3.05. The molecule has 2 fully saturated rings. The summed E-state index contributed by atoms with van der Waals surface area (Å²) >= 11 is 0. The molecular weight excluding hydrogens is 160 g/mol. The van der Waals surface area contributed by atoms with Crippen molar-refractivity contribution in [3.63, 3.8) is 0 Å². The first-order valence-corrected chi connectivity index (χ1v) is 6.90. The van der Waals surface area contributed by atoms with Crippen molar-refractivity contribution < 1.29 is 0 Å². The van der Waals surface area contributed by atoms with Crippen LogP contribution in [-0.4, -0.2) is 17.3 Å². The maximum absolute atomic E-state index is 2.87. The van der Waals surface area contributed by atoms with Crippen LogP contribution < -0.4 is 0 Å². The minimum Gasteiger partial charge on any atom is -0.278 e. The molecule has 10 heavy (non-hydrogen) atoms. The van der Waals surface area contributed by atoms with Gasteiger partial charge in [-0.05, 0) is 33.6 Å². The van der Waals surface area contributed by atoms with Gasteiger partial charge in [0.25, 0.3) is 0 Å². The summed E-state index contributed by atoms with van der Waals surface area (Å²) in [5.74, 6) is 1.08. The summed E-state index contributed by atoms with van der Waals surface area (Å²) in [4.78, 5) is 0. The molecular formula is C7H15NP2. The van der Waals surface area contributed by atoms with Crippen molar-refractivity contribution >= 4 is 17.3 Å². The molecule has 1 nitrogen and oxygen atoms in total. The van der Waals surface area contributed by atoms with Crippen molar-refractivity contribution in [2.24, 2.45) is 5.92 Å². The van der Waals surface area contributed by atoms with Gasteiger partial charge in [0.05, 0.1) is 0 Å². The first kappa shape index (κ1) is 7.47. The van der Waals surface area contributed by atoms with E-state index in [0.717, 1.165) is 20.4 Å². The van der Waals surface area contributed by atoms with Gasteiger partial charge in [0.1, 0.15) is 0 Å². The average Bonchev–Trinajstić information content (AvgIpc) is 2.44. The largest absolute Gasteiger partial charge is 0.278 e. The fourth-order valence-corrected chi connectivity index (χ4v) is 4.15. The molecule has 0 aromatic heterocycles. The van der Waals surface area contributed by atoms with Crippen molar-refractivity contribution in [3.05, 3.63) is 0 Å². The molecule has 3 heteroatoms. The van der Waals surface area contributed by atoms with Crippen molar-refractivity contribution in [1.29, 1.82) is 0 Å². The van der Waals surface area contributed by atoms with Gasteiger partial charge in [0, 0.05) is 12.6 Å². The Hall–Kier alpha value is 0.820. The summed E-state index contributed by atoms with van der Waals surface area (Å²) in [5, 5.41) is 0. The first-order valence-electron chi connectivity index (χ1n) is 4.14. The average molecular weight is 175 g/mol. The molecule has 0 N–H and O–H groups in total. The third kappa shape index (κ3) is 1.13. The second-order valence-electron chi connectivity index (χ2n) is 3.37. The topological polar surface area (TPSA) is 3.24 Å². The zero-order valence-electron chi connectivity index (χ0n) is 6.21. The van der Waals surface area contributed by atoms with Crippen LogP contribution in [0.4, 0.5) is 0 Å². The van der Waals surface area contributed by atoms with Crippen LogP contribution in [-0.2, 0) is 0 Å². The Labute approximate surface area is 66.9 Å². The standard InChI is InChI=1S/C7H15NP2/c9-10-8-5-4-6-2-1-3-7(6)8/h6-7,10H,1-5,9H2. The van der Waals surface area contributed by atoms with Gasteiger partial charge in [-0.15, -0.1) is 0 Å². The molecule has 1 aliphatic carbocycles. The van der Waals surface area contributed by atoms with Crippen LogP contribution in [0, 0.1) is 5.92 Å². The Bertz CT molecular complexity index is 129. The molecule has 1 heterocycles. The Balaban J connectivity index is 2.01. The summed E-state index contributed by atoms with van der Waals surface area (Å²) < 4.78 is 2.66. The summed E-state index contributed by atoms with van der Waals surface area (Å²) in [7, 11) is 3.85. The lowest BCUT2D eigenvalue weighted by Crippen LogP contribution is -2.20. The maximum atomic E-state index is 2.87. The van der Waals surface area contributed by atoms with E-state index in [4.69, 9.17) is 0 Å². The summed E-state index contributed by atoms with van der Waals surface area (Å²) in [6.07, 6.45) is 5.95. The van der Waals surface area contributed by atoms with Gasteiger partial charge in [-0.25, -0.2) is 0 Å². The molecule has 0 aromatic carbocycles. The van der Waals surface area contributed by atoms with Gasteiger partial charge in [-0.1, -0.05) is 15.3 Å². The molecule has 0 radical (unpaired) electrons. The predicted molar refractivity (Wildman–Crippen MR) is 50.5 cm³/mol. The van der Waals surface area contributed by atoms with Gasteiger partial charge in [0.2, 0.25) is 0 Å². The van der Waals surface area contributed by atoms with Gasteiger partial charge in [-0.2, -0.15) is 0 Å². The van der Waals surface area contributed by atoms with Gasteiger partial charge in [0.15, 0.2) is 0 Å². The normalized spacial score (nSPS) is 41.7. The van der Waals surface area contributed by atoms with E-state index >= 15 is 0 Å². The van der Waals surface area contributed by atoms with E-state index in [1.807, 2.05) is 0 Å². The van der Waals surface area contributed by atoms with Crippen LogP contribution in [0.3, 0.4) is 0 Å². The van der Waals surface area contributed by atoms with Gasteiger partial charge in [-0.3, -0.25) is 4.67 Å². The third-order valence-electron chi connectivity index (χ3n) is 2.93. The predicted octanol–water partition coefficient (Wildman–Crippen LogP) is 2.24. The van der Waals surface area contributed by atoms with Crippen LogP contribution in [0.2, 0.25) is 0 Å². The van der Waals surface area contributed by atoms with E-state index in [0.29, 0.717) is 0 Å². The van der Waals surface area contributed by atoms with Crippen LogP contribution >= 0.6 is 17.3 Å². The van der Waals surface area contributed by atoms with Crippen LogP contribution in [0.25, 0.3) is 0 Å². The lowest BCUT2D eigenvalue weighted by Gasteiger charge is -2.20. The molecule has 0 aromatic rings. The Kier molecular flexibility index (Phi) is 2.28. The fraction of sp³-hybridized carbons (Fsp3) is 1.00. The van der Waals surface area contributed by atoms with E-state index in [1.165, 1.54) is 32.2 Å². The highest BCUT2D eigenvalue weighted by atomic mass is 32.0. The molecule has 1 saturated carbocycles. The summed E-state index contributed by atoms with van der Waals surface area (Å²) in [5.41, 5.74) is 0. The van der Waals surface area contributed by atoms with E-state index < -0.39 is 0 Å². The molecule has 0 amide bonds. The van der Waals surface area contributed by atoms with E-state index in [1.54, 1.807) is 0 Å². The lowest BCUT2D eigenvalue weighted by molar-refractivity contribution is 0.403. The van der Waals surface area contributed by atoms with Crippen molar-refractivity contribution in [2.75, 3.05) is 6.54 Å². The minimum atomic E-state index is 0.975. The zero-order valence-corrected chi connectivity index (χ0v) is 8.37. The van der Waals surface area contributed by atoms with Crippen LogP contribution in [0.1, 0.15) is 25.7 Å². The van der Waals surface area contributed by atoms with Crippen molar-refractivity contribution in [2.45, 2.75) is 31.7 Å². The van der Waals surface area contributed by atoms with Gasteiger partial charge < -0.3 is 0 Å². The zero-order chi connectivity index (χ0) is 6.97. The smallest absolute Gasteiger partial charge is 0.0163 e. The molecule has 2 aliphatic rings. The molecule has 1 aliphatic heterocycles. The number of rotatable bonds is 1. The Morgan fingerprint density at radius 2 is 2.20 bits per heavy atom. The van der Waals surface area contributed by atoms with Crippen molar-refractivity contribution in [1.82, 2.24) is 4.67 Å². The van der Waals surface area contributed by atoms with Crippen LogP contribution in [0.15, 0.2) is 0 Å². The highest BCUT2D eigenvalue weighted by Crippen LogP contribution is 2.44. The molecule has 4 atom stereocenters. The SMILES string of the molecule is PPN1CCC2CCCC21.